The zero-order valence-electron chi connectivity index (χ0n) is 15.3. The second-order valence-corrected chi connectivity index (χ2v) is 7.23. The number of nitrogens with zero attached hydrogens (tertiary/aromatic N) is 2. The lowest BCUT2D eigenvalue weighted by Crippen LogP contribution is -2.36. The molecule has 0 radical (unpaired) electrons. The number of nitrogens with one attached hydrogen (secondary N) is 2. The Hall–Kier alpha value is -1.85. The van der Waals surface area contributed by atoms with Gasteiger partial charge in [0, 0.05) is 37.3 Å². The van der Waals surface area contributed by atoms with Crippen molar-refractivity contribution in [3.63, 3.8) is 0 Å². The quantitative estimate of drug-likeness (QED) is 0.845. The fourth-order valence-corrected chi connectivity index (χ4v) is 4.11. The molecule has 2 N–H and O–H groups in total. The number of H-pyrrole nitrogens is 1. The molecule has 1 unspecified atom stereocenters. The number of halogens is 1. The largest absolute Gasteiger partial charge is 0.330 e. The monoisotopic (exact) mass is 374 g/mol. The van der Waals surface area contributed by atoms with Gasteiger partial charge >= 0.3 is 0 Å². The molecule has 1 saturated heterocycles. The number of likely N-dealkylation sites (tertiary alicyclic amines) is 1. The van der Waals surface area contributed by atoms with E-state index < -0.39 is 0 Å². The van der Waals surface area contributed by atoms with Gasteiger partial charge in [-0.05, 0) is 25.3 Å². The van der Waals surface area contributed by atoms with Crippen molar-refractivity contribution in [1.29, 1.82) is 0 Å². The molecule has 2 aliphatic heterocycles. The van der Waals surface area contributed by atoms with Crippen LogP contribution in [0.25, 0.3) is 0 Å². The second-order valence-electron chi connectivity index (χ2n) is 7.23. The number of carbonyl (C=O) groups excluding carboxylic acids is 1. The number of aryl methyl sites for hydroxylation is 1. The normalized spacial score (nSPS) is 20.0. The van der Waals surface area contributed by atoms with Crippen molar-refractivity contribution in [3.8, 4) is 0 Å². The summed E-state index contributed by atoms with van der Waals surface area (Å²) in [6.07, 6.45) is 5.37. The average molecular weight is 375 g/mol. The summed E-state index contributed by atoms with van der Waals surface area (Å²) in [5.41, 5.74) is 5.28. The van der Waals surface area contributed by atoms with Gasteiger partial charge in [0.15, 0.2) is 5.69 Å². The number of benzene rings is 1. The lowest BCUT2D eigenvalue weighted by atomic mass is 9.98. The van der Waals surface area contributed by atoms with E-state index in [0.717, 1.165) is 50.2 Å². The van der Waals surface area contributed by atoms with Crippen LogP contribution in [0.15, 0.2) is 24.3 Å². The SMILES string of the molecule is Cc1cccc(C2CCCCCN2C(=O)c2n[nH]c3c2CNCC3)c1.Cl. The molecule has 0 saturated carbocycles. The lowest BCUT2D eigenvalue weighted by Gasteiger charge is -2.30. The first kappa shape index (κ1) is 18.9. The average Bonchev–Trinajstić information content (AvgIpc) is 2.90. The van der Waals surface area contributed by atoms with Crippen LogP contribution in [-0.2, 0) is 13.0 Å². The predicted molar refractivity (Wildman–Crippen MR) is 105 cm³/mol. The minimum atomic E-state index is 0. The predicted octanol–water partition coefficient (Wildman–Crippen LogP) is 3.54. The number of amides is 1. The zero-order chi connectivity index (χ0) is 17.2. The molecule has 2 aromatic rings. The summed E-state index contributed by atoms with van der Waals surface area (Å²) >= 11 is 0. The van der Waals surface area contributed by atoms with E-state index in [1.807, 2.05) is 0 Å². The van der Waals surface area contributed by atoms with E-state index in [2.05, 4.69) is 51.6 Å². The van der Waals surface area contributed by atoms with Gasteiger partial charge in [-0.3, -0.25) is 9.89 Å². The molecular weight excluding hydrogens is 348 g/mol. The maximum Gasteiger partial charge on any atom is 0.275 e. The molecule has 1 aromatic heterocycles. The van der Waals surface area contributed by atoms with Gasteiger partial charge in [-0.15, -0.1) is 12.4 Å². The molecule has 1 atom stereocenters. The molecule has 140 valence electrons. The molecule has 5 nitrogen and oxygen atoms in total. The van der Waals surface area contributed by atoms with Gasteiger partial charge in [-0.1, -0.05) is 42.7 Å². The number of hydrogen-bond donors (Lipinski definition) is 2. The smallest absolute Gasteiger partial charge is 0.275 e. The Morgan fingerprint density at radius 3 is 3.00 bits per heavy atom. The van der Waals surface area contributed by atoms with Crippen molar-refractivity contribution in [2.24, 2.45) is 0 Å². The molecule has 26 heavy (non-hydrogen) atoms. The summed E-state index contributed by atoms with van der Waals surface area (Å²) in [6, 6.07) is 8.74. The lowest BCUT2D eigenvalue weighted by molar-refractivity contribution is 0.0673. The van der Waals surface area contributed by atoms with E-state index in [9.17, 15) is 4.79 Å². The summed E-state index contributed by atoms with van der Waals surface area (Å²) in [5, 5.41) is 10.8. The zero-order valence-corrected chi connectivity index (χ0v) is 16.1. The van der Waals surface area contributed by atoms with Crippen LogP contribution in [0.4, 0.5) is 0 Å². The van der Waals surface area contributed by atoms with Crippen molar-refractivity contribution in [3.05, 3.63) is 52.3 Å². The minimum Gasteiger partial charge on any atom is -0.330 e. The van der Waals surface area contributed by atoms with E-state index in [-0.39, 0.29) is 24.4 Å². The minimum absolute atomic E-state index is 0. The second kappa shape index (κ2) is 8.23. The summed E-state index contributed by atoms with van der Waals surface area (Å²) in [7, 11) is 0. The fraction of sp³-hybridized carbons (Fsp3) is 0.500. The molecule has 1 aromatic carbocycles. The van der Waals surface area contributed by atoms with Crippen molar-refractivity contribution < 1.29 is 4.79 Å². The van der Waals surface area contributed by atoms with Crippen molar-refractivity contribution in [2.45, 2.75) is 51.6 Å². The highest BCUT2D eigenvalue weighted by Crippen LogP contribution is 2.32. The molecule has 1 fully saturated rings. The molecular formula is C20H27ClN4O. The Labute approximate surface area is 161 Å². The Morgan fingerprint density at radius 1 is 1.27 bits per heavy atom. The van der Waals surface area contributed by atoms with Crippen molar-refractivity contribution in [2.75, 3.05) is 13.1 Å². The number of fused-ring (bicyclic) bond motifs is 1. The maximum atomic E-state index is 13.4. The van der Waals surface area contributed by atoms with Gasteiger partial charge in [0.05, 0.1) is 6.04 Å². The first-order valence-corrected chi connectivity index (χ1v) is 9.38. The molecule has 4 rings (SSSR count). The fourth-order valence-electron chi connectivity index (χ4n) is 4.11. The van der Waals surface area contributed by atoms with E-state index >= 15 is 0 Å². The third kappa shape index (κ3) is 3.64. The molecule has 2 aliphatic rings. The molecule has 3 heterocycles. The van der Waals surface area contributed by atoms with E-state index in [1.54, 1.807) is 0 Å². The molecule has 6 heteroatoms. The third-order valence-corrected chi connectivity index (χ3v) is 5.45. The van der Waals surface area contributed by atoms with Crippen LogP contribution in [0, 0.1) is 6.92 Å². The van der Waals surface area contributed by atoms with E-state index in [0.29, 0.717) is 5.69 Å². The van der Waals surface area contributed by atoms with Gasteiger partial charge < -0.3 is 10.2 Å². The Bertz CT molecular complexity index is 773. The molecule has 1 amide bonds. The highest BCUT2D eigenvalue weighted by molar-refractivity contribution is 5.94. The summed E-state index contributed by atoms with van der Waals surface area (Å²) in [4.78, 5) is 15.4. The van der Waals surface area contributed by atoms with Crippen LogP contribution in [0.1, 0.15) is 64.6 Å². The first-order valence-electron chi connectivity index (χ1n) is 9.38. The highest BCUT2D eigenvalue weighted by Gasteiger charge is 2.31. The van der Waals surface area contributed by atoms with E-state index in [1.165, 1.54) is 24.0 Å². The van der Waals surface area contributed by atoms with Crippen molar-refractivity contribution in [1.82, 2.24) is 20.4 Å². The maximum absolute atomic E-state index is 13.4. The molecule has 0 bridgehead atoms. The standard InChI is InChI=1S/C20H26N4O.ClH/c1-14-6-5-7-15(12-14)18-8-3-2-4-11-24(18)20(25)19-16-13-21-10-9-17(16)22-23-19;/h5-7,12,18,21H,2-4,8-11,13H2,1H3,(H,22,23);1H. The third-order valence-electron chi connectivity index (χ3n) is 5.45. The number of hydrogen-bond acceptors (Lipinski definition) is 3. The summed E-state index contributed by atoms with van der Waals surface area (Å²) < 4.78 is 0. The van der Waals surface area contributed by atoms with Crippen LogP contribution >= 0.6 is 12.4 Å². The van der Waals surface area contributed by atoms with Gasteiger partial charge in [0.1, 0.15) is 0 Å². The van der Waals surface area contributed by atoms with Gasteiger partial charge in [0.2, 0.25) is 0 Å². The number of aromatic nitrogens is 2. The van der Waals surface area contributed by atoms with Crippen LogP contribution in [0.5, 0.6) is 0 Å². The van der Waals surface area contributed by atoms with Crippen LogP contribution < -0.4 is 5.32 Å². The van der Waals surface area contributed by atoms with Gasteiger partial charge in [-0.25, -0.2) is 0 Å². The number of aromatic amines is 1. The van der Waals surface area contributed by atoms with Gasteiger partial charge in [0.25, 0.3) is 5.91 Å². The Kier molecular flexibility index (Phi) is 5.99. The first-order chi connectivity index (χ1) is 12.2. The topological polar surface area (TPSA) is 61.0 Å². The van der Waals surface area contributed by atoms with E-state index in [4.69, 9.17) is 0 Å². The van der Waals surface area contributed by atoms with Crippen molar-refractivity contribution >= 4 is 18.3 Å². The summed E-state index contributed by atoms with van der Waals surface area (Å²) in [5.74, 6) is 0.0783. The molecule has 0 aliphatic carbocycles. The van der Waals surface area contributed by atoms with Crippen LogP contribution in [0.2, 0.25) is 0 Å². The number of carbonyl (C=O) groups is 1. The van der Waals surface area contributed by atoms with Crippen LogP contribution in [-0.4, -0.2) is 34.1 Å². The Balaban J connectivity index is 0.00000196. The molecule has 0 spiro atoms. The van der Waals surface area contributed by atoms with Gasteiger partial charge in [-0.2, -0.15) is 5.10 Å². The summed E-state index contributed by atoms with van der Waals surface area (Å²) in [6.45, 7) is 4.60. The Morgan fingerprint density at radius 2 is 2.15 bits per heavy atom. The number of rotatable bonds is 2. The van der Waals surface area contributed by atoms with Crippen LogP contribution in [0.3, 0.4) is 0 Å². The highest BCUT2D eigenvalue weighted by atomic mass is 35.5.